The monoisotopic (exact) mass is 194 g/mol. The molecular formula is C11H18N2O. The van der Waals surface area contributed by atoms with Gasteiger partial charge in [0.05, 0.1) is 5.92 Å². The minimum Gasteiger partial charge on any atom is -0.369 e. The average Bonchev–Trinajstić information content (AvgIpc) is 2.79. The highest BCUT2D eigenvalue weighted by molar-refractivity contribution is 5.78. The first-order valence-corrected chi connectivity index (χ1v) is 5.72. The Bertz CT molecular complexity index is 278. The first-order valence-electron chi connectivity index (χ1n) is 5.72. The predicted molar refractivity (Wildman–Crippen MR) is 53.4 cm³/mol. The Labute approximate surface area is 84.4 Å². The summed E-state index contributed by atoms with van der Waals surface area (Å²) in [6, 6.07) is 0. The van der Waals surface area contributed by atoms with Crippen LogP contribution in [0.5, 0.6) is 0 Å². The van der Waals surface area contributed by atoms with Crippen LogP contribution in [0.15, 0.2) is 0 Å². The predicted octanol–water partition coefficient (Wildman–Crippen LogP) is 0.497. The Hall–Kier alpha value is -0.570. The Morgan fingerprint density at radius 2 is 2.29 bits per heavy atom. The molecule has 2 aliphatic carbocycles. The fraction of sp³-hybridized carbons (Fsp3) is 0.909. The third-order valence-electron chi connectivity index (χ3n) is 4.86. The van der Waals surface area contributed by atoms with Gasteiger partial charge in [-0.05, 0) is 36.5 Å². The number of amides is 1. The molecule has 0 aromatic rings. The maximum Gasteiger partial charge on any atom is 0.222 e. The highest BCUT2D eigenvalue weighted by atomic mass is 16.1. The summed E-state index contributed by atoms with van der Waals surface area (Å²) in [6.07, 6.45) is 5.32. The van der Waals surface area contributed by atoms with E-state index in [0.717, 1.165) is 24.9 Å². The number of rotatable bonds is 1. The molecule has 0 radical (unpaired) electrons. The number of nitrogens with one attached hydrogen (secondary N) is 1. The van der Waals surface area contributed by atoms with E-state index in [9.17, 15) is 4.79 Å². The van der Waals surface area contributed by atoms with Crippen molar-refractivity contribution in [1.29, 1.82) is 0 Å². The molecule has 2 bridgehead atoms. The number of fused-ring (bicyclic) bond motifs is 3. The maximum atomic E-state index is 11.4. The van der Waals surface area contributed by atoms with Crippen LogP contribution in [-0.2, 0) is 4.79 Å². The van der Waals surface area contributed by atoms with Crippen LogP contribution in [0.25, 0.3) is 0 Å². The van der Waals surface area contributed by atoms with Crippen molar-refractivity contribution in [2.24, 2.45) is 28.9 Å². The second kappa shape index (κ2) is 2.72. The van der Waals surface area contributed by atoms with E-state index in [1.807, 2.05) is 0 Å². The molecule has 4 unspecified atom stereocenters. The average molecular weight is 194 g/mol. The number of carbonyl (C=O) groups is 1. The minimum absolute atomic E-state index is 0.0810. The van der Waals surface area contributed by atoms with Crippen molar-refractivity contribution in [2.45, 2.75) is 25.7 Å². The summed E-state index contributed by atoms with van der Waals surface area (Å²) < 4.78 is 0. The third kappa shape index (κ3) is 0.937. The molecule has 78 valence electrons. The Balaban J connectivity index is 1.92. The summed E-state index contributed by atoms with van der Waals surface area (Å²) in [5.74, 6) is 1.70. The van der Waals surface area contributed by atoms with Crippen LogP contribution >= 0.6 is 0 Å². The van der Waals surface area contributed by atoms with E-state index in [0.29, 0.717) is 0 Å². The molecule has 0 aromatic heterocycles. The molecular weight excluding hydrogens is 176 g/mol. The van der Waals surface area contributed by atoms with E-state index >= 15 is 0 Å². The van der Waals surface area contributed by atoms with Gasteiger partial charge in [-0.15, -0.1) is 0 Å². The molecule has 1 heterocycles. The minimum atomic E-state index is -0.0810. The summed E-state index contributed by atoms with van der Waals surface area (Å²) in [6.45, 7) is 1.85. The molecule has 1 amide bonds. The molecule has 3 heteroatoms. The molecule has 3 rings (SSSR count). The molecule has 3 fully saturated rings. The Morgan fingerprint density at radius 1 is 1.43 bits per heavy atom. The number of carbonyl (C=O) groups excluding carboxylic acids is 1. The third-order valence-corrected chi connectivity index (χ3v) is 4.86. The van der Waals surface area contributed by atoms with Crippen LogP contribution < -0.4 is 11.1 Å². The fourth-order valence-corrected chi connectivity index (χ4v) is 4.29. The van der Waals surface area contributed by atoms with Crippen LogP contribution in [0.4, 0.5) is 0 Å². The van der Waals surface area contributed by atoms with Crippen molar-refractivity contribution >= 4 is 5.91 Å². The van der Waals surface area contributed by atoms with Crippen molar-refractivity contribution in [3.8, 4) is 0 Å². The van der Waals surface area contributed by atoms with Gasteiger partial charge in [0, 0.05) is 13.1 Å². The molecule has 3 N–H and O–H groups in total. The fourth-order valence-electron chi connectivity index (χ4n) is 4.29. The first-order chi connectivity index (χ1) is 6.72. The molecule has 3 nitrogen and oxygen atoms in total. The van der Waals surface area contributed by atoms with Crippen molar-refractivity contribution in [3.05, 3.63) is 0 Å². The molecule has 14 heavy (non-hydrogen) atoms. The van der Waals surface area contributed by atoms with E-state index in [1.165, 1.54) is 25.7 Å². The molecule has 1 spiro atoms. The van der Waals surface area contributed by atoms with Gasteiger partial charge in [0.1, 0.15) is 0 Å². The van der Waals surface area contributed by atoms with E-state index in [1.54, 1.807) is 0 Å². The molecule has 3 aliphatic rings. The highest BCUT2D eigenvalue weighted by Crippen LogP contribution is 2.60. The van der Waals surface area contributed by atoms with Gasteiger partial charge >= 0.3 is 0 Å². The van der Waals surface area contributed by atoms with Gasteiger partial charge in [0.2, 0.25) is 5.91 Å². The van der Waals surface area contributed by atoms with Gasteiger partial charge < -0.3 is 11.1 Å². The Kier molecular flexibility index (Phi) is 1.69. The Morgan fingerprint density at radius 3 is 2.86 bits per heavy atom. The van der Waals surface area contributed by atoms with Gasteiger partial charge in [-0.2, -0.15) is 0 Å². The van der Waals surface area contributed by atoms with Crippen LogP contribution in [0.1, 0.15) is 25.7 Å². The molecule has 4 atom stereocenters. The van der Waals surface area contributed by atoms with Crippen LogP contribution in [-0.4, -0.2) is 19.0 Å². The second-order valence-electron chi connectivity index (χ2n) is 5.40. The molecule has 1 aliphatic heterocycles. The van der Waals surface area contributed by atoms with Gasteiger partial charge in [0.25, 0.3) is 0 Å². The molecule has 0 aromatic carbocycles. The van der Waals surface area contributed by atoms with Crippen molar-refractivity contribution in [3.63, 3.8) is 0 Å². The van der Waals surface area contributed by atoms with E-state index in [4.69, 9.17) is 5.73 Å². The lowest BCUT2D eigenvalue weighted by Crippen LogP contribution is -2.42. The SMILES string of the molecule is NC(=O)C1CNCC12CC1CCC2C1. The molecule has 1 saturated heterocycles. The number of nitrogens with two attached hydrogens (primary N) is 1. The normalized spacial score (nSPS) is 50.4. The van der Waals surface area contributed by atoms with E-state index < -0.39 is 0 Å². The quantitative estimate of drug-likeness (QED) is 0.638. The zero-order valence-electron chi connectivity index (χ0n) is 8.46. The lowest BCUT2D eigenvalue weighted by atomic mass is 9.66. The number of hydrogen-bond acceptors (Lipinski definition) is 2. The topological polar surface area (TPSA) is 55.1 Å². The van der Waals surface area contributed by atoms with Crippen molar-refractivity contribution < 1.29 is 4.79 Å². The number of hydrogen-bond donors (Lipinski definition) is 2. The lowest BCUT2D eigenvalue weighted by molar-refractivity contribution is -0.125. The van der Waals surface area contributed by atoms with Crippen LogP contribution in [0, 0.1) is 23.2 Å². The zero-order valence-corrected chi connectivity index (χ0v) is 8.46. The maximum absolute atomic E-state index is 11.4. The van der Waals surface area contributed by atoms with E-state index in [2.05, 4.69) is 5.32 Å². The first kappa shape index (κ1) is 8.72. The van der Waals surface area contributed by atoms with Gasteiger partial charge in [-0.1, -0.05) is 6.42 Å². The summed E-state index contributed by atoms with van der Waals surface area (Å²) in [4.78, 5) is 11.4. The van der Waals surface area contributed by atoms with Crippen molar-refractivity contribution in [2.75, 3.05) is 13.1 Å². The smallest absolute Gasteiger partial charge is 0.222 e. The van der Waals surface area contributed by atoms with Crippen molar-refractivity contribution in [1.82, 2.24) is 5.32 Å². The van der Waals surface area contributed by atoms with Gasteiger partial charge in [-0.25, -0.2) is 0 Å². The standard InChI is InChI=1S/C11H18N2O/c12-10(14)9-5-13-6-11(9)4-7-1-2-8(11)3-7/h7-9,13H,1-6H2,(H2,12,14). The van der Waals surface area contributed by atoms with Gasteiger partial charge in [-0.3, -0.25) is 4.79 Å². The van der Waals surface area contributed by atoms with E-state index in [-0.39, 0.29) is 17.2 Å². The highest BCUT2D eigenvalue weighted by Gasteiger charge is 2.58. The summed E-state index contributed by atoms with van der Waals surface area (Å²) >= 11 is 0. The summed E-state index contributed by atoms with van der Waals surface area (Å²) in [5.41, 5.74) is 5.76. The van der Waals surface area contributed by atoms with Crippen LogP contribution in [0.2, 0.25) is 0 Å². The number of primary amides is 1. The summed E-state index contributed by atoms with van der Waals surface area (Å²) in [5, 5.41) is 3.37. The zero-order chi connectivity index (χ0) is 9.76. The largest absolute Gasteiger partial charge is 0.369 e. The summed E-state index contributed by atoms with van der Waals surface area (Å²) in [7, 11) is 0. The second-order valence-corrected chi connectivity index (χ2v) is 5.40. The molecule has 2 saturated carbocycles. The lowest BCUT2D eigenvalue weighted by Gasteiger charge is -2.37. The van der Waals surface area contributed by atoms with Gasteiger partial charge in [0.15, 0.2) is 0 Å². The van der Waals surface area contributed by atoms with Crippen LogP contribution in [0.3, 0.4) is 0 Å².